The molecule has 0 saturated carbocycles. The minimum atomic E-state index is -0.450. The molecule has 0 atom stereocenters. The second-order valence-corrected chi connectivity index (χ2v) is 4.29. The lowest BCUT2D eigenvalue weighted by Crippen LogP contribution is -2.03. The summed E-state index contributed by atoms with van der Waals surface area (Å²) < 4.78 is 10.6. The summed E-state index contributed by atoms with van der Waals surface area (Å²) in [6.45, 7) is 1.68. The number of esters is 1. The van der Waals surface area contributed by atoms with Crippen LogP contribution in [0.5, 0.6) is 0 Å². The zero-order valence-corrected chi connectivity index (χ0v) is 10.9. The average Bonchev–Trinajstić information content (AvgIpc) is 2.71. The Morgan fingerprint density at radius 1 is 1.41 bits per heavy atom. The zero-order valence-electron chi connectivity index (χ0n) is 9.36. The van der Waals surface area contributed by atoms with Gasteiger partial charge >= 0.3 is 5.97 Å². The van der Waals surface area contributed by atoms with E-state index in [-0.39, 0.29) is 0 Å². The summed E-state index contributed by atoms with van der Waals surface area (Å²) >= 11 is 3.41. The molecule has 0 spiro atoms. The molecule has 1 aromatic heterocycles. The molecular weight excluding hydrogens is 286 g/mol. The largest absolute Gasteiger partial charge is 0.465 e. The van der Waals surface area contributed by atoms with E-state index in [4.69, 9.17) is 9.26 Å². The maximum atomic E-state index is 11.7. The third-order valence-electron chi connectivity index (χ3n) is 2.38. The van der Waals surface area contributed by atoms with Crippen molar-refractivity contribution in [2.75, 3.05) is 7.11 Å². The molecule has 0 N–H and O–H groups in total. The molecule has 1 heterocycles. The number of ether oxygens (including phenoxy) is 1. The quantitative estimate of drug-likeness (QED) is 0.799. The van der Waals surface area contributed by atoms with E-state index in [9.17, 15) is 4.79 Å². The summed E-state index contributed by atoms with van der Waals surface area (Å²) in [5.74, 6) is -0.00268. The van der Waals surface area contributed by atoms with Gasteiger partial charge in [0, 0.05) is 10.0 Å². The highest BCUT2D eigenvalue weighted by molar-refractivity contribution is 9.10. The second kappa shape index (κ2) is 4.71. The topological polar surface area (TPSA) is 52.3 Å². The Balaban J connectivity index is 2.61. The van der Waals surface area contributed by atoms with E-state index in [2.05, 4.69) is 21.1 Å². The molecule has 0 amide bonds. The van der Waals surface area contributed by atoms with E-state index in [1.165, 1.54) is 7.11 Å². The van der Waals surface area contributed by atoms with Gasteiger partial charge < -0.3 is 9.26 Å². The van der Waals surface area contributed by atoms with Crippen molar-refractivity contribution in [1.29, 1.82) is 0 Å². The number of hydrogen-bond acceptors (Lipinski definition) is 4. The lowest BCUT2D eigenvalue weighted by molar-refractivity contribution is 0.0599. The van der Waals surface area contributed by atoms with Gasteiger partial charge in [0.05, 0.1) is 7.11 Å². The fraction of sp³-hybridized carbons (Fsp3) is 0.167. The molecule has 0 aliphatic rings. The number of aromatic nitrogens is 1. The number of benzene rings is 1. The first-order chi connectivity index (χ1) is 8.15. The highest BCUT2D eigenvalue weighted by Gasteiger charge is 2.23. The molecule has 1 aromatic carbocycles. The Morgan fingerprint density at radius 2 is 2.12 bits per heavy atom. The molecule has 2 rings (SSSR count). The number of nitrogens with zero attached hydrogens (tertiary/aromatic N) is 1. The lowest BCUT2D eigenvalue weighted by atomic mass is 10.1. The first-order valence-electron chi connectivity index (χ1n) is 4.94. The predicted octanol–water partition coefficient (Wildman–Crippen LogP) is 3.20. The third kappa shape index (κ3) is 2.10. The number of aryl methyl sites for hydroxylation is 1. The van der Waals surface area contributed by atoms with Gasteiger partial charge in [0.15, 0.2) is 0 Å². The van der Waals surface area contributed by atoms with E-state index < -0.39 is 5.97 Å². The number of hydrogen-bond donors (Lipinski definition) is 0. The Kier molecular flexibility index (Phi) is 3.28. The monoisotopic (exact) mass is 295 g/mol. The van der Waals surface area contributed by atoms with E-state index >= 15 is 0 Å². The van der Waals surface area contributed by atoms with Crippen molar-refractivity contribution < 1.29 is 14.1 Å². The standard InChI is InChI=1S/C12H10BrNO3/c1-7-10(12(15)16-2)11(14-17-7)8-5-3-4-6-9(8)13/h3-6H,1-2H3. The molecule has 0 bridgehead atoms. The van der Waals surface area contributed by atoms with Gasteiger partial charge in [-0.2, -0.15) is 0 Å². The van der Waals surface area contributed by atoms with Crippen molar-refractivity contribution in [3.8, 4) is 11.3 Å². The van der Waals surface area contributed by atoms with Crippen LogP contribution in [0.3, 0.4) is 0 Å². The molecule has 0 aliphatic heterocycles. The number of halogens is 1. The summed E-state index contributed by atoms with van der Waals surface area (Å²) in [4.78, 5) is 11.7. The fourth-order valence-electron chi connectivity index (χ4n) is 1.55. The summed E-state index contributed by atoms with van der Waals surface area (Å²) in [5.41, 5.74) is 1.64. The molecule has 5 heteroatoms. The highest BCUT2D eigenvalue weighted by Crippen LogP contribution is 2.31. The van der Waals surface area contributed by atoms with Crippen LogP contribution in [0.2, 0.25) is 0 Å². The Hall–Kier alpha value is -1.62. The van der Waals surface area contributed by atoms with Gasteiger partial charge in [-0.25, -0.2) is 4.79 Å². The van der Waals surface area contributed by atoms with Gasteiger partial charge in [-0.05, 0) is 13.0 Å². The van der Waals surface area contributed by atoms with E-state index in [0.717, 1.165) is 10.0 Å². The smallest absolute Gasteiger partial charge is 0.343 e. The summed E-state index contributed by atoms with van der Waals surface area (Å²) in [5, 5.41) is 3.91. The SMILES string of the molecule is COC(=O)c1c(-c2ccccc2Br)noc1C. The molecule has 2 aromatic rings. The van der Waals surface area contributed by atoms with Gasteiger partial charge in [-0.3, -0.25) is 0 Å². The number of rotatable bonds is 2. The van der Waals surface area contributed by atoms with Crippen LogP contribution in [0.25, 0.3) is 11.3 Å². The van der Waals surface area contributed by atoms with Crippen LogP contribution in [-0.4, -0.2) is 18.2 Å². The fourth-order valence-corrected chi connectivity index (χ4v) is 2.02. The van der Waals surface area contributed by atoms with Crippen molar-refractivity contribution in [2.45, 2.75) is 6.92 Å². The normalized spacial score (nSPS) is 10.3. The van der Waals surface area contributed by atoms with Gasteiger partial charge in [0.1, 0.15) is 17.0 Å². The van der Waals surface area contributed by atoms with Crippen LogP contribution in [0.4, 0.5) is 0 Å². The van der Waals surface area contributed by atoms with Crippen molar-refractivity contribution in [3.05, 3.63) is 40.1 Å². The highest BCUT2D eigenvalue weighted by atomic mass is 79.9. The predicted molar refractivity (Wildman–Crippen MR) is 65.7 cm³/mol. The van der Waals surface area contributed by atoms with Crippen LogP contribution >= 0.6 is 15.9 Å². The molecular formula is C12H10BrNO3. The maximum absolute atomic E-state index is 11.7. The maximum Gasteiger partial charge on any atom is 0.343 e. The molecule has 0 fully saturated rings. The van der Waals surface area contributed by atoms with Gasteiger partial charge in [-0.1, -0.05) is 39.3 Å². The lowest BCUT2D eigenvalue weighted by Gasteiger charge is -2.02. The van der Waals surface area contributed by atoms with E-state index in [1.807, 2.05) is 24.3 Å². The molecule has 17 heavy (non-hydrogen) atoms. The van der Waals surface area contributed by atoms with Crippen LogP contribution in [0.1, 0.15) is 16.1 Å². The first-order valence-corrected chi connectivity index (χ1v) is 5.74. The van der Waals surface area contributed by atoms with Crippen molar-refractivity contribution in [2.24, 2.45) is 0 Å². The Morgan fingerprint density at radius 3 is 2.76 bits per heavy atom. The Bertz CT molecular complexity index is 563. The van der Waals surface area contributed by atoms with Crippen LogP contribution in [0.15, 0.2) is 33.3 Å². The van der Waals surface area contributed by atoms with Gasteiger partial charge in [0.25, 0.3) is 0 Å². The molecule has 0 aliphatic carbocycles. The van der Waals surface area contributed by atoms with Crippen LogP contribution in [0, 0.1) is 6.92 Å². The first kappa shape index (κ1) is 11.9. The minimum Gasteiger partial charge on any atom is -0.465 e. The van der Waals surface area contributed by atoms with Crippen molar-refractivity contribution >= 4 is 21.9 Å². The second-order valence-electron chi connectivity index (χ2n) is 3.43. The van der Waals surface area contributed by atoms with Gasteiger partial charge in [0.2, 0.25) is 0 Å². The Labute approximate surface area is 107 Å². The summed E-state index contributed by atoms with van der Waals surface area (Å²) in [7, 11) is 1.33. The average molecular weight is 296 g/mol. The van der Waals surface area contributed by atoms with E-state index in [0.29, 0.717) is 17.0 Å². The number of methoxy groups -OCH3 is 1. The minimum absolute atomic E-state index is 0.361. The molecule has 0 unspecified atom stereocenters. The van der Waals surface area contributed by atoms with Crippen molar-refractivity contribution in [3.63, 3.8) is 0 Å². The molecule has 4 nitrogen and oxygen atoms in total. The number of carbonyl (C=O) groups excluding carboxylic acids is 1. The third-order valence-corrected chi connectivity index (χ3v) is 3.07. The summed E-state index contributed by atoms with van der Waals surface area (Å²) in [6, 6.07) is 7.48. The van der Waals surface area contributed by atoms with Crippen LogP contribution < -0.4 is 0 Å². The summed E-state index contributed by atoms with van der Waals surface area (Å²) in [6.07, 6.45) is 0. The van der Waals surface area contributed by atoms with Crippen molar-refractivity contribution in [1.82, 2.24) is 5.16 Å². The molecule has 0 radical (unpaired) electrons. The van der Waals surface area contributed by atoms with Gasteiger partial charge in [-0.15, -0.1) is 0 Å². The zero-order chi connectivity index (χ0) is 12.4. The molecule has 88 valence electrons. The number of carbonyl (C=O) groups is 1. The van der Waals surface area contributed by atoms with Crippen LogP contribution in [-0.2, 0) is 4.74 Å². The molecule has 0 saturated heterocycles. The van der Waals surface area contributed by atoms with E-state index in [1.54, 1.807) is 6.92 Å².